The van der Waals surface area contributed by atoms with E-state index >= 15 is 0 Å². The van der Waals surface area contributed by atoms with E-state index in [1.165, 1.54) is 0 Å². The van der Waals surface area contributed by atoms with E-state index in [2.05, 4.69) is 9.97 Å². The van der Waals surface area contributed by atoms with Gasteiger partial charge in [-0.15, -0.1) is 0 Å². The number of fused-ring (bicyclic) bond motifs is 1. The van der Waals surface area contributed by atoms with Gasteiger partial charge in [0.05, 0.1) is 24.1 Å². The smallest absolute Gasteiger partial charge is 0.310 e. The normalized spacial score (nSPS) is 10.8. The number of nitrogens with one attached hydrogen (secondary N) is 1. The van der Waals surface area contributed by atoms with Crippen molar-refractivity contribution in [2.45, 2.75) is 13.3 Å². The van der Waals surface area contributed by atoms with Gasteiger partial charge < -0.3 is 9.72 Å². The van der Waals surface area contributed by atoms with E-state index in [4.69, 9.17) is 16.3 Å². The fraction of sp³-hybridized carbons (Fsp3) is 0.167. The van der Waals surface area contributed by atoms with Gasteiger partial charge in [0.1, 0.15) is 0 Å². The minimum absolute atomic E-state index is 0.184. The van der Waals surface area contributed by atoms with Crippen molar-refractivity contribution in [3.63, 3.8) is 0 Å². The Morgan fingerprint density at radius 1 is 1.17 bits per heavy atom. The highest BCUT2D eigenvalue weighted by Gasteiger charge is 2.14. The van der Waals surface area contributed by atoms with Crippen LogP contribution in [0.2, 0.25) is 5.02 Å². The molecule has 2 aromatic carbocycles. The summed E-state index contributed by atoms with van der Waals surface area (Å²) < 4.78 is 4.94. The molecular formula is C18H15ClN2O3. The lowest BCUT2D eigenvalue weighted by Gasteiger charge is -2.01. The summed E-state index contributed by atoms with van der Waals surface area (Å²) in [5, 5.41) is 0.569. The second-order valence-corrected chi connectivity index (χ2v) is 5.69. The number of hydrogen-bond donors (Lipinski definition) is 1. The maximum atomic E-state index is 12.5. The van der Waals surface area contributed by atoms with E-state index in [0.29, 0.717) is 28.2 Å². The molecule has 0 aliphatic rings. The molecule has 6 heteroatoms. The van der Waals surface area contributed by atoms with Gasteiger partial charge in [0, 0.05) is 10.6 Å². The number of ether oxygens (including phenoxy) is 1. The highest BCUT2D eigenvalue weighted by Crippen LogP contribution is 2.18. The van der Waals surface area contributed by atoms with Crippen molar-refractivity contribution < 1.29 is 14.3 Å². The number of H-pyrrole nitrogens is 1. The number of carbonyl (C=O) groups is 2. The first-order valence-corrected chi connectivity index (χ1v) is 7.89. The van der Waals surface area contributed by atoms with Gasteiger partial charge >= 0.3 is 5.97 Å². The number of aromatic amines is 1. The molecule has 0 aliphatic carbocycles. The summed E-state index contributed by atoms with van der Waals surface area (Å²) in [5.74, 6) is -0.246. The van der Waals surface area contributed by atoms with Crippen molar-refractivity contribution >= 4 is 34.4 Å². The molecule has 24 heavy (non-hydrogen) atoms. The van der Waals surface area contributed by atoms with Gasteiger partial charge in [-0.25, -0.2) is 4.98 Å². The largest absolute Gasteiger partial charge is 0.466 e. The zero-order valence-electron chi connectivity index (χ0n) is 13.0. The lowest BCUT2D eigenvalue weighted by Crippen LogP contribution is -2.07. The summed E-state index contributed by atoms with van der Waals surface area (Å²) in [6, 6.07) is 12.0. The third-order valence-electron chi connectivity index (χ3n) is 3.52. The second kappa shape index (κ2) is 6.84. The standard InChI is InChI=1S/C18H15ClN2O3/c1-2-24-16(22)10-11-3-8-14-15(9-11)21-18(20-14)17(23)12-4-6-13(19)7-5-12/h3-9H,2,10H2,1H3,(H,20,21). The molecule has 0 aliphatic heterocycles. The molecule has 5 nitrogen and oxygen atoms in total. The fourth-order valence-electron chi connectivity index (χ4n) is 2.39. The number of benzene rings is 2. The molecule has 122 valence electrons. The Labute approximate surface area is 143 Å². The highest BCUT2D eigenvalue weighted by molar-refractivity contribution is 6.30. The van der Waals surface area contributed by atoms with Crippen LogP contribution in [-0.4, -0.2) is 28.3 Å². The molecule has 1 heterocycles. The number of imidazole rings is 1. The fourth-order valence-corrected chi connectivity index (χ4v) is 2.52. The van der Waals surface area contributed by atoms with Crippen LogP contribution in [0.1, 0.15) is 28.7 Å². The molecule has 3 rings (SSSR count). The molecule has 0 amide bonds. The molecule has 0 bridgehead atoms. The number of esters is 1. The Morgan fingerprint density at radius 2 is 1.92 bits per heavy atom. The average molecular weight is 343 g/mol. The van der Waals surface area contributed by atoms with Crippen molar-refractivity contribution in [1.82, 2.24) is 9.97 Å². The van der Waals surface area contributed by atoms with Crippen LogP contribution in [0.25, 0.3) is 11.0 Å². The summed E-state index contributed by atoms with van der Waals surface area (Å²) >= 11 is 5.84. The van der Waals surface area contributed by atoms with Crippen molar-refractivity contribution in [2.24, 2.45) is 0 Å². The number of carbonyl (C=O) groups excluding carboxylic acids is 2. The van der Waals surface area contributed by atoms with Crippen molar-refractivity contribution in [3.8, 4) is 0 Å². The average Bonchev–Trinajstić information content (AvgIpc) is 2.98. The van der Waals surface area contributed by atoms with Crippen LogP contribution >= 0.6 is 11.6 Å². The molecule has 0 atom stereocenters. The van der Waals surface area contributed by atoms with Gasteiger partial charge in [-0.2, -0.15) is 0 Å². The summed E-state index contributed by atoms with van der Waals surface area (Å²) in [4.78, 5) is 31.3. The van der Waals surface area contributed by atoms with Gasteiger partial charge in [0.2, 0.25) is 5.78 Å². The quantitative estimate of drug-likeness (QED) is 0.568. The Morgan fingerprint density at radius 3 is 2.62 bits per heavy atom. The third kappa shape index (κ3) is 3.46. The molecule has 0 saturated heterocycles. The van der Waals surface area contributed by atoms with E-state index < -0.39 is 0 Å². The summed E-state index contributed by atoms with van der Waals surface area (Å²) in [6.45, 7) is 2.12. The SMILES string of the molecule is CCOC(=O)Cc1ccc2nc(C(=O)c3ccc(Cl)cc3)[nH]c2c1. The van der Waals surface area contributed by atoms with E-state index in [1.54, 1.807) is 49.4 Å². The maximum absolute atomic E-state index is 12.5. The van der Waals surface area contributed by atoms with Crippen molar-refractivity contribution in [3.05, 3.63) is 64.4 Å². The summed E-state index contributed by atoms with van der Waals surface area (Å²) in [6.07, 6.45) is 0.184. The van der Waals surface area contributed by atoms with Crippen LogP contribution in [0, 0.1) is 0 Å². The molecule has 0 fully saturated rings. The summed E-state index contributed by atoms with van der Waals surface area (Å²) in [7, 11) is 0. The van der Waals surface area contributed by atoms with E-state index in [1.807, 2.05) is 0 Å². The number of halogens is 1. The van der Waals surface area contributed by atoms with Gasteiger partial charge in [0.25, 0.3) is 0 Å². The van der Waals surface area contributed by atoms with Crippen molar-refractivity contribution in [2.75, 3.05) is 6.61 Å². The number of nitrogens with zero attached hydrogens (tertiary/aromatic N) is 1. The van der Waals surface area contributed by atoms with E-state index in [0.717, 1.165) is 5.56 Å². The predicted molar refractivity (Wildman–Crippen MR) is 91.3 cm³/mol. The monoisotopic (exact) mass is 342 g/mol. The zero-order valence-corrected chi connectivity index (χ0v) is 13.8. The molecule has 1 N–H and O–H groups in total. The molecule has 0 radical (unpaired) electrons. The van der Waals surface area contributed by atoms with Crippen LogP contribution in [0.5, 0.6) is 0 Å². The molecular weight excluding hydrogens is 328 g/mol. The molecule has 0 saturated carbocycles. The van der Waals surface area contributed by atoms with Crippen LogP contribution < -0.4 is 0 Å². The second-order valence-electron chi connectivity index (χ2n) is 5.25. The Bertz CT molecular complexity index is 900. The first-order valence-electron chi connectivity index (χ1n) is 7.51. The maximum Gasteiger partial charge on any atom is 0.310 e. The minimum Gasteiger partial charge on any atom is -0.466 e. The first kappa shape index (κ1) is 16.2. The molecule has 3 aromatic rings. The minimum atomic E-state index is -0.283. The van der Waals surface area contributed by atoms with Gasteiger partial charge in [0.15, 0.2) is 5.82 Å². The highest BCUT2D eigenvalue weighted by atomic mass is 35.5. The number of hydrogen-bond acceptors (Lipinski definition) is 4. The van der Waals surface area contributed by atoms with Gasteiger partial charge in [-0.05, 0) is 48.9 Å². The Balaban J connectivity index is 1.86. The van der Waals surface area contributed by atoms with Gasteiger partial charge in [-0.1, -0.05) is 17.7 Å². The lowest BCUT2D eigenvalue weighted by atomic mass is 10.1. The Kier molecular flexibility index (Phi) is 4.62. The van der Waals surface area contributed by atoms with Crippen molar-refractivity contribution in [1.29, 1.82) is 0 Å². The van der Waals surface area contributed by atoms with Crippen LogP contribution in [0.15, 0.2) is 42.5 Å². The molecule has 0 spiro atoms. The van der Waals surface area contributed by atoms with Crippen LogP contribution in [-0.2, 0) is 16.0 Å². The zero-order chi connectivity index (χ0) is 17.1. The Hall–Kier alpha value is -2.66. The molecule has 1 aromatic heterocycles. The van der Waals surface area contributed by atoms with E-state index in [-0.39, 0.29) is 24.0 Å². The number of aromatic nitrogens is 2. The topological polar surface area (TPSA) is 72.0 Å². The number of ketones is 1. The number of rotatable bonds is 5. The predicted octanol–water partition coefficient (Wildman–Crippen LogP) is 3.55. The summed E-state index contributed by atoms with van der Waals surface area (Å²) in [5.41, 5.74) is 2.68. The third-order valence-corrected chi connectivity index (χ3v) is 3.77. The van der Waals surface area contributed by atoms with Gasteiger partial charge in [-0.3, -0.25) is 9.59 Å². The van der Waals surface area contributed by atoms with Crippen LogP contribution in [0.3, 0.4) is 0 Å². The van der Waals surface area contributed by atoms with Crippen LogP contribution in [0.4, 0.5) is 0 Å². The van der Waals surface area contributed by atoms with E-state index in [9.17, 15) is 9.59 Å². The molecule has 0 unspecified atom stereocenters. The lowest BCUT2D eigenvalue weighted by molar-refractivity contribution is -0.142. The first-order chi connectivity index (χ1) is 11.6.